The summed E-state index contributed by atoms with van der Waals surface area (Å²) in [5.41, 5.74) is -0.530. The third kappa shape index (κ3) is 1.04. The van der Waals surface area contributed by atoms with Gasteiger partial charge in [0.1, 0.15) is 0 Å². The third-order valence-corrected chi connectivity index (χ3v) is 2.67. The highest BCUT2D eigenvalue weighted by atomic mass is 35.5. The summed E-state index contributed by atoms with van der Waals surface area (Å²) in [4.78, 5) is 40.1. The topological polar surface area (TPSA) is 86.4 Å². The molecule has 0 bridgehead atoms. The van der Waals surface area contributed by atoms with E-state index in [9.17, 15) is 14.4 Å². The lowest BCUT2D eigenvalue weighted by atomic mass is 10.1. The van der Waals surface area contributed by atoms with Gasteiger partial charge in [0.2, 0.25) is 5.71 Å². The van der Waals surface area contributed by atoms with Crippen LogP contribution in [0.2, 0.25) is 0 Å². The van der Waals surface area contributed by atoms with Gasteiger partial charge in [0, 0.05) is 23.6 Å². The molecule has 1 fully saturated rings. The summed E-state index contributed by atoms with van der Waals surface area (Å²) in [7, 11) is 0. The minimum Gasteiger partial charge on any atom is -0.265 e. The van der Waals surface area contributed by atoms with Crippen molar-refractivity contribution in [2.75, 3.05) is 0 Å². The number of rotatable bonds is 0. The normalized spacial score (nSPS) is 28.6. The maximum atomic E-state index is 11.5. The van der Waals surface area contributed by atoms with E-state index >= 15 is 0 Å². The number of hydrogen-bond donors (Lipinski definition) is 1. The predicted octanol–water partition coefficient (Wildman–Crippen LogP) is 0.295. The molecule has 5 amide bonds. The van der Waals surface area contributed by atoms with Crippen molar-refractivity contribution < 1.29 is 14.4 Å². The molecule has 2 rings (SSSR count). The lowest BCUT2D eigenvalue weighted by Gasteiger charge is -2.30. The van der Waals surface area contributed by atoms with E-state index in [-0.39, 0.29) is 4.42 Å². The number of nitrogens with zero attached hydrogens (tertiary/aromatic N) is 4. The van der Waals surface area contributed by atoms with Crippen LogP contribution in [0.5, 0.6) is 0 Å². The van der Waals surface area contributed by atoms with Crippen molar-refractivity contribution in [3.05, 3.63) is 11.4 Å². The van der Waals surface area contributed by atoms with Crippen molar-refractivity contribution in [1.29, 1.82) is 0 Å². The number of urea groups is 2. The molecule has 2 heterocycles. The lowest BCUT2D eigenvalue weighted by molar-refractivity contribution is -0.119. The molecule has 1 N–H and O–H groups in total. The van der Waals surface area contributed by atoms with Gasteiger partial charge in [0.15, 0.2) is 0 Å². The second kappa shape index (κ2) is 3.07. The average Bonchev–Trinajstić information content (AvgIpc) is 2.62. The van der Waals surface area contributed by atoms with Crippen LogP contribution in [0.1, 0.15) is 0 Å². The number of carbonyl (C=O) groups excluding carboxylic acids is 3. The first-order valence-corrected chi connectivity index (χ1v) is 4.42. The fourth-order valence-corrected chi connectivity index (χ4v) is 1.70. The van der Waals surface area contributed by atoms with Gasteiger partial charge < -0.3 is 0 Å². The summed E-state index contributed by atoms with van der Waals surface area (Å²) in [6, 6.07) is -2.07. The Kier molecular flexibility index (Phi) is 2.04. The van der Waals surface area contributed by atoms with Gasteiger partial charge in [-0.2, -0.15) is 9.41 Å². The first-order chi connectivity index (χ1) is 7.44. The Morgan fingerprint density at radius 1 is 1.38 bits per heavy atom. The van der Waals surface area contributed by atoms with E-state index in [4.69, 9.17) is 30.1 Å². The number of halogens is 2. The molecule has 0 aromatic rings. The van der Waals surface area contributed by atoms with Crippen LogP contribution in [0, 0.1) is 6.57 Å². The SMILES string of the molecule is [C-]#[N+]C12NC(=O)N=C1C(=O)N(Cl)C(=O)N2Cl. The molecular formula is C6HCl2N5O3. The first-order valence-electron chi connectivity index (χ1n) is 3.74. The molecule has 10 heteroatoms. The third-order valence-electron chi connectivity index (χ3n) is 1.99. The molecule has 16 heavy (non-hydrogen) atoms. The summed E-state index contributed by atoms with van der Waals surface area (Å²) in [6.45, 7) is 6.92. The Balaban J connectivity index is 2.62. The average molecular weight is 262 g/mol. The second-order valence-electron chi connectivity index (χ2n) is 2.82. The zero-order chi connectivity index (χ0) is 12.1. The summed E-state index contributed by atoms with van der Waals surface area (Å²) in [5, 5.41) is 2.02. The largest absolute Gasteiger partial charge is 0.459 e. The highest BCUT2D eigenvalue weighted by molar-refractivity contribution is 6.56. The molecule has 0 radical (unpaired) electrons. The zero-order valence-corrected chi connectivity index (χ0v) is 8.78. The standard InChI is InChI=1S/C6HCl2N5O3/c1-9-6-2(10-4(15)11-6)3(14)12(7)5(16)13(6)8/h(H,11,15). The second-order valence-corrected chi connectivity index (χ2v) is 3.50. The Morgan fingerprint density at radius 2 is 2.00 bits per heavy atom. The van der Waals surface area contributed by atoms with Gasteiger partial charge in [-0.15, -0.1) is 4.42 Å². The fourth-order valence-electron chi connectivity index (χ4n) is 1.27. The molecule has 0 aromatic carbocycles. The molecule has 0 spiro atoms. The van der Waals surface area contributed by atoms with Crippen LogP contribution < -0.4 is 5.32 Å². The molecule has 0 aromatic heterocycles. The highest BCUT2D eigenvalue weighted by Gasteiger charge is 2.66. The quantitative estimate of drug-likeness (QED) is 0.503. The van der Waals surface area contributed by atoms with E-state index < -0.39 is 29.5 Å². The van der Waals surface area contributed by atoms with E-state index in [0.29, 0.717) is 4.42 Å². The smallest absolute Gasteiger partial charge is 0.265 e. The molecule has 2 aliphatic heterocycles. The van der Waals surface area contributed by atoms with Gasteiger partial charge in [-0.25, -0.2) is 21.5 Å². The van der Waals surface area contributed by atoms with Crippen molar-refractivity contribution in [2.45, 2.75) is 5.79 Å². The van der Waals surface area contributed by atoms with Crippen molar-refractivity contribution in [3.8, 4) is 0 Å². The number of carbonyl (C=O) groups is 3. The minimum absolute atomic E-state index is 0.148. The number of nitrogens with one attached hydrogen (secondary N) is 1. The first kappa shape index (κ1) is 10.7. The van der Waals surface area contributed by atoms with Crippen LogP contribution >= 0.6 is 23.6 Å². The van der Waals surface area contributed by atoms with Gasteiger partial charge in [-0.1, -0.05) is 0 Å². The Hall–Kier alpha value is -1.85. The monoisotopic (exact) mass is 261 g/mol. The molecule has 1 unspecified atom stereocenters. The number of amides is 5. The number of fused-ring (bicyclic) bond motifs is 1. The van der Waals surface area contributed by atoms with Crippen LogP contribution in [0.3, 0.4) is 0 Å². The van der Waals surface area contributed by atoms with Gasteiger partial charge >= 0.3 is 23.8 Å². The van der Waals surface area contributed by atoms with E-state index in [0.717, 1.165) is 0 Å². The number of hydrogen-bond acceptors (Lipinski definition) is 3. The van der Waals surface area contributed by atoms with Crippen LogP contribution in [0.25, 0.3) is 4.85 Å². The van der Waals surface area contributed by atoms with Crippen LogP contribution in [-0.4, -0.2) is 38.3 Å². The summed E-state index contributed by atoms with van der Waals surface area (Å²) in [6.07, 6.45) is 0. The maximum Gasteiger partial charge on any atom is 0.459 e. The van der Waals surface area contributed by atoms with Gasteiger partial charge in [-0.05, 0) is 0 Å². The lowest BCUT2D eigenvalue weighted by Crippen LogP contribution is -2.67. The summed E-state index contributed by atoms with van der Waals surface area (Å²) in [5.74, 6) is -3.16. The number of aliphatic imine (C=N–C) groups is 1. The molecule has 1 atom stereocenters. The van der Waals surface area contributed by atoms with E-state index in [1.54, 1.807) is 0 Å². The van der Waals surface area contributed by atoms with E-state index in [2.05, 4.69) is 9.84 Å². The van der Waals surface area contributed by atoms with Crippen LogP contribution in [0.4, 0.5) is 9.59 Å². The van der Waals surface area contributed by atoms with Crippen molar-refractivity contribution in [2.24, 2.45) is 4.99 Å². The van der Waals surface area contributed by atoms with Crippen molar-refractivity contribution >= 4 is 47.2 Å². The van der Waals surface area contributed by atoms with Gasteiger partial charge in [0.05, 0.1) is 0 Å². The number of imide groups is 1. The van der Waals surface area contributed by atoms with Crippen molar-refractivity contribution in [1.82, 2.24) is 14.2 Å². The maximum absolute atomic E-state index is 11.5. The minimum atomic E-state index is -2.10. The Bertz CT molecular complexity index is 497. The molecule has 0 aliphatic carbocycles. The molecule has 82 valence electrons. The van der Waals surface area contributed by atoms with Gasteiger partial charge in [-0.3, -0.25) is 9.64 Å². The molecule has 8 nitrogen and oxygen atoms in total. The summed E-state index contributed by atoms with van der Waals surface area (Å²) >= 11 is 10.9. The van der Waals surface area contributed by atoms with E-state index in [1.165, 1.54) is 0 Å². The molecular weight excluding hydrogens is 261 g/mol. The van der Waals surface area contributed by atoms with Crippen LogP contribution in [-0.2, 0) is 4.79 Å². The fraction of sp³-hybridized carbons (Fsp3) is 0.167. The zero-order valence-electron chi connectivity index (χ0n) is 7.27. The predicted molar refractivity (Wildman–Crippen MR) is 51.1 cm³/mol. The van der Waals surface area contributed by atoms with Crippen LogP contribution in [0.15, 0.2) is 4.99 Å². The van der Waals surface area contributed by atoms with Gasteiger partial charge in [0.25, 0.3) is 0 Å². The Morgan fingerprint density at radius 3 is 2.56 bits per heavy atom. The van der Waals surface area contributed by atoms with Crippen molar-refractivity contribution in [3.63, 3.8) is 0 Å². The molecule has 2 aliphatic rings. The Labute approximate surface area is 98.4 Å². The highest BCUT2D eigenvalue weighted by Crippen LogP contribution is 2.31. The molecule has 0 saturated carbocycles. The summed E-state index contributed by atoms with van der Waals surface area (Å²) < 4.78 is 0.466. The van der Waals surface area contributed by atoms with E-state index in [1.807, 2.05) is 5.32 Å². The molecule has 1 saturated heterocycles.